The van der Waals surface area contributed by atoms with Crippen molar-refractivity contribution in [1.29, 1.82) is 0 Å². The fourth-order valence-corrected chi connectivity index (χ4v) is 3.34. The van der Waals surface area contributed by atoms with Crippen LogP contribution in [0.2, 0.25) is 0 Å². The van der Waals surface area contributed by atoms with Crippen molar-refractivity contribution in [1.82, 2.24) is 14.9 Å². The number of furan rings is 1. The van der Waals surface area contributed by atoms with Crippen molar-refractivity contribution in [2.75, 3.05) is 20.2 Å². The first-order chi connectivity index (χ1) is 10.7. The van der Waals surface area contributed by atoms with Crippen molar-refractivity contribution in [3.63, 3.8) is 0 Å². The number of fused-ring (bicyclic) bond motifs is 3. The molecule has 0 N–H and O–H groups in total. The van der Waals surface area contributed by atoms with Crippen molar-refractivity contribution in [2.45, 2.75) is 19.1 Å². The predicted molar refractivity (Wildman–Crippen MR) is 87.7 cm³/mol. The first-order valence-corrected chi connectivity index (χ1v) is 8.11. The molecule has 2 aromatic heterocycles. The van der Waals surface area contributed by atoms with Crippen LogP contribution in [0.4, 0.5) is 0 Å². The standard InChI is InChI=1S/C16H16BrN3O2/c1-21-11-4-5-20(8-11)9-15-18-7-14-16(19-15)12-6-10(17)2-3-13(12)22-14/h2-3,6-7,11H,4-5,8-9H2,1H3/t11-/m0/s1. The van der Waals surface area contributed by atoms with Gasteiger partial charge in [-0.1, -0.05) is 15.9 Å². The highest BCUT2D eigenvalue weighted by Gasteiger charge is 2.23. The fraction of sp³-hybridized carbons (Fsp3) is 0.375. The minimum absolute atomic E-state index is 0.328. The quantitative estimate of drug-likeness (QED) is 0.715. The molecule has 1 atom stereocenters. The molecule has 0 spiro atoms. The maximum absolute atomic E-state index is 5.79. The Morgan fingerprint density at radius 3 is 3.14 bits per heavy atom. The van der Waals surface area contributed by atoms with Gasteiger partial charge in [-0.3, -0.25) is 4.90 Å². The number of rotatable bonds is 3. The largest absolute Gasteiger partial charge is 0.453 e. The average molecular weight is 362 g/mol. The molecular formula is C16H16BrN3O2. The highest BCUT2D eigenvalue weighted by atomic mass is 79.9. The third-order valence-corrected chi connectivity index (χ3v) is 4.64. The summed E-state index contributed by atoms with van der Waals surface area (Å²) in [5.74, 6) is 0.826. The lowest BCUT2D eigenvalue weighted by molar-refractivity contribution is 0.107. The van der Waals surface area contributed by atoms with Crippen molar-refractivity contribution >= 4 is 38.0 Å². The summed E-state index contributed by atoms with van der Waals surface area (Å²) in [6.45, 7) is 2.71. The number of hydrogen-bond acceptors (Lipinski definition) is 5. The number of benzene rings is 1. The maximum atomic E-state index is 5.79. The van der Waals surface area contributed by atoms with Gasteiger partial charge in [0.25, 0.3) is 0 Å². The van der Waals surface area contributed by atoms with Gasteiger partial charge in [-0.05, 0) is 24.6 Å². The molecule has 4 rings (SSSR count). The van der Waals surface area contributed by atoms with Crippen LogP contribution in [0, 0.1) is 0 Å². The molecule has 0 saturated carbocycles. The van der Waals surface area contributed by atoms with Gasteiger partial charge in [-0.15, -0.1) is 0 Å². The average Bonchev–Trinajstić information content (AvgIpc) is 3.11. The molecule has 22 heavy (non-hydrogen) atoms. The lowest BCUT2D eigenvalue weighted by atomic mass is 10.2. The molecule has 1 aliphatic rings. The fourth-order valence-electron chi connectivity index (χ4n) is 2.98. The number of methoxy groups -OCH3 is 1. The summed E-state index contributed by atoms with van der Waals surface area (Å²) < 4.78 is 12.2. The topological polar surface area (TPSA) is 51.4 Å². The SMILES string of the molecule is CO[C@H]1CCN(Cc2ncc3oc4ccc(Br)cc4c3n2)C1. The summed E-state index contributed by atoms with van der Waals surface area (Å²) >= 11 is 3.50. The van der Waals surface area contributed by atoms with Crippen molar-refractivity contribution in [3.8, 4) is 0 Å². The molecule has 1 fully saturated rings. The van der Waals surface area contributed by atoms with Crippen LogP contribution >= 0.6 is 15.9 Å². The summed E-state index contributed by atoms with van der Waals surface area (Å²) in [5, 5.41) is 1.02. The van der Waals surface area contributed by atoms with E-state index in [1.54, 1.807) is 13.3 Å². The minimum atomic E-state index is 0.328. The molecule has 1 saturated heterocycles. The van der Waals surface area contributed by atoms with E-state index in [9.17, 15) is 0 Å². The smallest absolute Gasteiger partial charge is 0.172 e. The highest BCUT2D eigenvalue weighted by molar-refractivity contribution is 9.10. The van der Waals surface area contributed by atoms with Gasteiger partial charge in [0.2, 0.25) is 0 Å². The van der Waals surface area contributed by atoms with E-state index in [0.29, 0.717) is 6.10 Å². The molecule has 3 heterocycles. The van der Waals surface area contributed by atoms with Crippen LogP contribution in [0.5, 0.6) is 0 Å². The van der Waals surface area contributed by atoms with Crippen molar-refractivity contribution < 1.29 is 9.15 Å². The van der Waals surface area contributed by atoms with Gasteiger partial charge in [0.05, 0.1) is 18.8 Å². The lowest BCUT2D eigenvalue weighted by Gasteiger charge is -2.14. The molecule has 0 aliphatic carbocycles. The van der Waals surface area contributed by atoms with E-state index in [0.717, 1.165) is 58.4 Å². The normalized spacial score (nSPS) is 19.5. The first kappa shape index (κ1) is 14.1. The van der Waals surface area contributed by atoms with Crippen LogP contribution in [0.1, 0.15) is 12.2 Å². The van der Waals surface area contributed by atoms with E-state index in [-0.39, 0.29) is 0 Å². The Balaban J connectivity index is 1.67. The van der Waals surface area contributed by atoms with E-state index in [1.807, 2.05) is 18.2 Å². The number of hydrogen-bond donors (Lipinski definition) is 0. The van der Waals surface area contributed by atoms with Crippen LogP contribution in [0.25, 0.3) is 22.1 Å². The Hall–Kier alpha value is -1.50. The summed E-state index contributed by atoms with van der Waals surface area (Å²) in [6.07, 6.45) is 3.17. The number of halogens is 1. The molecule has 6 heteroatoms. The van der Waals surface area contributed by atoms with Gasteiger partial charge >= 0.3 is 0 Å². The zero-order valence-corrected chi connectivity index (χ0v) is 13.8. The zero-order chi connectivity index (χ0) is 15.1. The second kappa shape index (κ2) is 5.61. The van der Waals surface area contributed by atoms with Crippen LogP contribution in [-0.4, -0.2) is 41.2 Å². The van der Waals surface area contributed by atoms with Gasteiger partial charge in [0.1, 0.15) is 16.9 Å². The summed E-state index contributed by atoms with van der Waals surface area (Å²) in [7, 11) is 1.77. The zero-order valence-electron chi connectivity index (χ0n) is 12.3. The van der Waals surface area contributed by atoms with Crippen LogP contribution in [-0.2, 0) is 11.3 Å². The van der Waals surface area contributed by atoms with Gasteiger partial charge in [0.15, 0.2) is 5.58 Å². The monoisotopic (exact) mass is 361 g/mol. The molecule has 114 valence electrons. The van der Waals surface area contributed by atoms with Crippen molar-refractivity contribution in [3.05, 3.63) is 34.7 Å². The van der Waals surface area contributed by atoms with E-state index in [1.165, 1.54) is 0 Å². The van der Waals surface area contributed by atoms with E-state index in [4.69, 9.17) is 14.1 Å². The number of likely N-dealkylation sites (tertiary alicyclic amines) is 1. The summed E-state index contributed by atoms with van der Waals surface area (Å²) in [6, 6.07) is 5.95. The second-order valence-electron chi connectivity index (χ2n) is 5.62. The molecule has 1 aliphatic heterocycles. The number of aromatic nitrogens is 2. The molecular weight excluding hydrogens is 346 g/mol. The Bertz CT molecular complexity index is 833. The molecule has 1 aromatic carbocycles. The van der Waals surface area contributed by atoms with Crippen molar-refractivity contribution in [2.24, 2.45) is 0 Å². The minimum Gasteiger partial charge on any atom is -0.453 e. The summed E-state index contributed by atoms with van der Waals surface area (Å²) in [5.41, 5.74) is 2.45. The Morgan fingerprint density at radius 1 is 1.41 bits per heavy atom. The molecule has 0 bridgehead atoms. The lowest BCUT2D eigenvalue weighted by Crippen LogP contribution is -2.23. The Labute approximate surface area is 136 Å². The molecule has 0 radical (unpaired) electrons. The van der Waals surface area contributed by atoms with Crippen LogP contribution in [0.3, 0.4) is 0 Å². The van der Waals surface area contributed by atoms with Gasteiger partial charge in [0, 0.05) is 30.1 Å². The molecule has 0 unspecified atom stereocenters. The van der Waals surface area contributed by atoms with Gasteiger partial charge < -0.3 is 9.15 Å². The first-order valence-electron chi connectivity index (χ1n) is 7.32. The Morgan fingerprint density at radius 2 is 2.32 bits per heavy atom. The van der Waals surface area contributed by atoms with Crippen LogP contribution < -0.4 is 0 Å². The van der Waals surface area contributed by atoms with Crippen LogP contribution in [0.15, 0.2) is 33.3 Å². The second-order valence-corrected chi connectivity index (χ2v) is 6.54. The maximum Gasteiger partial charge on any atom is 0.172 e. The van der Waals surface area contributed by atoms with E-state index < -0.39 is 0 Å². The third-order valence-electron chi connectivity index (χ3n) is 4.15. The number of nitrogens with zero attached hydrogens (tertiary/aromatic N) is 3. The molecule has 3 aromatic rings. The van der Waals surface area contributed by atoms with Gasteiger partial charge in [-0.2, -0.15) is 0 Å². The summed E-state index contributed by atoms with van der Waals surface area (Å²) in [4.78, 5) is 11.5. The molecule has 5 nitrogen and oxygen atoms in total. The predicted octanol–water partition coefficient (Wildman–Crippen LogP) is 3.36. The number of ether oxygens (including phenoxy) is 1. The van der Waals surface area contributed by atoms with E-state index >= 15 is 0 Å². The van der Waals surface area contributed by atoms with Gasteiger partial charge in [-0.25, -0.2) is 9.97 Å². The third kappa shape index (κ3) is 2.51. The Kier molecular flexibility index (Phi) is 3.60. The highest BCUT2D eigenvalue weighted by Crippen LogP contribution is 2.29. The van der Waals surface area contributed by atoms with E-state index in [2.05, 4.69) is 25.8 Å². The molecule has 0 amide bonds.